The normalized spacial score (nSPS) is 14.4. The monoisotopic (exact) mass is 450 g/mol. The molecule has 3 aromatic rings. The summed E-state index contributed by atoms with van der Waals surface area (Å²) in [6.45, 7) is 2.12. The summed E-state index contributed by atoms with van der Waals surface area (Å²) in [5.41, 5.74) is -0.662. The van der Waals surface area contributed by atoms with Crippen molar-refractivity contribution >= 4 is 45.7 Å². The van der Waals surface area contributed by atoms with E-state index in [1.54, 1.807) is 10.8 Å². The summed E-state index contributed by atoms with van der Waals surface area (Å²) in [6, 6.07) is 2.87. The van der Waals surface area contributed by atoms with E-state index < -0.39 is 29.5 Å². The zero-order valence-electron chi connectivity index (χ0n) is 16.3. The van der Waals surface area contributed by atoms with Crippen molar-refractivity contribution in [3.8, 4) is 0 Å². The Labute approximate surface area is 178 Å². The third-order valence-corrected chi connectivity index (χ3v) is 6.08. The maximum Gasteiger partial charge on any atom is 0.416 e. The number of aromatic carboxylic acids is 1. The van der Waals surface area contributed by atoms with Crippen LogP contribution in [0.2, 0.25) is 0 Å². The molecule has 0 bridgehead atoms. The first kappa shape index (κ1) is 21.1. The number of alkyl halides is 3. The van der Waals surface area contributed by atoms with Gasteiger partial charge in [-0.05, 0) is 35.6 Å². The largest absolute Gasteiger partial charge is 0.477 e. The molecule has 0 aliphatic carbocycles. The van der Waals surface area contributed by atoms with Gasteiger partial charge in [-0.2, -0.15) is 24.5 Å². The van der Waals surface area contributed by atoms with Crippen LogP contribution in [-0.2, 0) is 23.9 Å². The minimum Gasteiger partial charge on any atom is -0.477 e. The van der Waals surface area contributed by atoms with Crippen LogP contribution in [0.1, 0.15) is 51.7 Å². The number of unbranched alkanes of at least 4 members (excludes halogenated alkanes) is 1. The molecule has 10 heteroatoms. The number of imide groups is 1. The Morgan fingerprint density at radius 3 is 2.61 bits per heavy atom. The fourth-order valence-electron chi connectivity index (χ4n) is 3.85. The van der Waals surface area contributed by atoms with E-state index in [1.165, 1.54) is 22.0 Å². The zero-order valence-corrected chi connectivity index (χ0v) is 17.1. The Kier molecular flexibility index (Phi) is 5.12. The molecule has 1 aliphatic heterocycles. The molecule has 2 amide bonds. The van der Waals surface area contributed by atoms with E-state index in [0.717, 1.165) is 17.0 Å². The molecular formula is C21H17F3N2O4S. The topological polar surface area (TPSA) is 79.6 Å². The smallest absolute Gasteiger partial charge is 0.416 e. The van der Waals surface area contributed by atoms with Crippen molar-refractivity contribution < 1.29 is 32.7 Å². The highest BCUT2D eigenvalue weighted by molar-refractivity contribution is 7.08. The Balaban J connectivity index is 2.04. The second kappa shape index (κ2) is 7.52. The Bertz CT molecular complexity index is 1230. The first-order chi connectivity index (χ1) is 14.6. The van der Waals surface area contributed by atoms with Crippen LogP contribution >= 0.6 is 11.3 Å². The molecule has 0 saturated heterocycles. The first-order valence-corrected chi connectivity index (χ1v) is 10.5. The summed E-state index contributed by atoms with van der Waals surface area (Å²) in [4.78, 5) is 38.9. The molecule has 0 fully saturated rings. The van der Waals surface area contributed by atoms with Crippen molar-refractivity contribution in [1.82, 2.24) is 4.57 Å². The van der Waals surface area contributed by atoms with E-state index in [2.05, 4.69) is 0 Å². The lowest BCUT2D eigenvalue weighted by molar-refractivity contribution is -0.137. The van der Waals surface area contributed by atoms with E-state index >= 15 is 0 Å². The van der Waals surface area contributed by atoms with Gasteiger partial charge in [0.2, 0.25) is 5.91 Å². The fourth-order valence-corrected chi connectivity index (χ4v) is 4.69. The van der Waals surface area contributed by atoms with Crippen LogP contribution in [0.15, 0.2) is 29.0 Å². The Morgan fingerprint density at radius 2 is 1.97 bits per heavy atom. The number of benzene rings is 1. The third-order valence-electron chi connectivity index (χ3n) is 5.29. The van der Waals surface area contributed by atoms with Crippen molar-refractivity contribution in [2.24, 2.45) is 0 Å². The van der Waals surface area contributed by atoms with Crippen LogP contribution in [-0.4, -0.2) is 27.5 Å². The summed E-state index contributed by atoms with van der Waals surface area (Å²) >= 11 is 1.22. The number of carboxylic acids is 1. The van der Waals surface area contributed by atoms with E-state index in [9.17, 15) is 32.7 Å². The molecule has 2 aromatic heterocycles. The van der Waals surface area contributed by atoms with Crippen LogP contribution in [0, 0.1) is 0 Å². The number of carbonyl (C=O) groups excluding carboxylic acids is 2. The lowest BCUT2D eigenvalue weighted by Gasteiger charge is -2.25. The van der Waals surface area contributed by atoms with Gasteiger partial charge < -0.3 is 9.67 Å². The average Bonchev–Trinajstić information content (AvgIpc) is 3.28. The quantitative estimate of drug-likeness (QED) is 0.558. The highest BCUT2D eigenvalue weighted by atomic mass is 32.1. The van der Waals surface area contributed by atoms with Gasteiger partial charge in [0.15, 0.2) is 5.69 Å². The third kappa shape index (κ3) is 3.40. The standard InChI is InChI=1S/C21H17F3N2O4S/c1-2-3-6-25-15-5-4-12(21(22,23)24)8-13(15)17(18(25)20(29)30)26-16(27)7-11-9-31-10-14(11)19(26)28/h4-5,8-10H,2-3,6-7H2,1H3,(H,29,30). The van der Waals surface area contributed by atoms with Gasteiger partial charge in [-0.15, -0.1) is 0 Å². The maximum atomic E-state index is 13.4. The number of aryl methyl sites for hydroxylation is 1. The molecule has 6 nitrogen and oxygen atoms in total. The molecule has 31 heavy (non-hydrogen) atoms. The van der Waals surface area contributed by atoms with Crippen LogP contribution in [0.4, 0.5) is 18.9 Å². The minimum atomic E-state index is -4.67. The van der Waals surface area contributed by atoms with Gasteiger partial charge in [-0.3, -0.25) is 9.59 Å². The predicted octanol–water partition coefficient (Wildman–Crippen LogP) is 4.95. The SMILES string of the molecule is CCCCn1c(C(=O)O)c(N2C(=O)Cc3cscc3C2=O)c2cc(C(F)(F)F)ccc21. The first-order valence-electron chi connectivity index (χ1n) is 9.54. The van der Waals surface area contributed by atoms with Crippen LogP contribution < -0.4 is 4.90 Å². The highest BCUT2D eigenvalue weighted by Crippen LogP contribution is 2.41. The number of hydrogen-bond donors (Lipinski definition) is 1. The van der Waals surface area contributed by atoms with Crippen molar-refractivity contribution in [2.45, 2.75) is 38.9 Å². The lowest BCUT2D eigenvalue weighted by atomic mass is 10.0. The molecule has 0 saturated carbocycles. The molecule has 0 spiro atoms. The van der Waals surface area contributed by atoms with E-state index in [4.69, 9.17) is 0 Å². The number of hydrogen-bond acceptors (Lipinski definition) is 4. The number of anilines is 1. The van der Waals surface area contributed by atoms with Gasteiger partial charge in [0.1, 0.15) is 0 Å². The number of carboxylic acid groups (broad SMARTS) is 1. The molecule has 0 unspecified atom stereocenters. The molecule has 1 N–H and O–H groups in total. The molecule has 162 valence electrons. The number of rotatable bonds is 5. The molecule has 1 aliphatic rings. The average molecular weight is 450 g/mol. The van der Waals surface area contributed by atoms with E-state index in [0.29, 0.717) is 18.4 Å². The van der Waals surface area contributed by atoms with Crippen LogP contribution in [0.5, 0.6) is 0 Å². The molecule has 3 heterocycles. The lowest BCUT2D eigenvalue weighted by Crippen LogP contribution is -2.42. The Morgan fingerprint density at radius 1 is 1.23 bits per heavy atom. The highest BCUT2D eigenvalue weighted by Gasteiger charge is 2.39. The molecule has 0 atom stereocenters. The van der Waals surface area contributed by atoms with Gasteiger partial charge in [0.25, 0.3) is 5.91 Å². The number of carbonyl (C=O) groups is 3. The minimum absolute atomic E-state index is 0.0938. The number of aromatic nitrogens is 1. The predicted molar refractivity (Wildman–Crippen MR) is 109 cm³/mol. The van der Waals surface area contributed by atoms with Crippen LogP contribution in [0.3, 0.4) is 0 Å². The van der Waals surface area contributed by atoms with E-state index in [-0.39, 0.29) is 40.8 Å². The zero-order chi connectivity index (χ0) is 22.5. The molecular weight excluding hydrogens is 433 g/mol. The van der Waals surface area contributed by atoms with Gasteiger partial charge in [-0.1, -0.05) is 13.3 Å². The van der Waals surface area contributed by atoms with Crippen molar-refractivity contribution in [3.05, 3.63) is 51.3 Å². The van der Waals surface area contributed by atoms with Gasteiger partial charge in [0.05, 0.1) is 28.8 Å². The van der Waals surface area contributed by atoms with E-state index in [1.807, 2.05) is 6.92 Å². The second-order valence-electron chi connectivity index (χ2n) is 7.26. The Hall–Kier alpha value is -3.14. The summed E-state index contributed by atoms with van der Waals surface area (Å²) in [6.07, 6.45) is -3.52. The molecule has 4 rings (SSSR count). The number of halogens is 3. The number of thiophene rings is 1. The maximum absolute atomic E-state index is 13.4. The van der Waals surface area contributed by atoms with Gasteiger partial charge in [-0.25, -0.2) is 9.69 Å². The van der Waals surface area contributed by atoms with Gasteiger partial charge >= 0.3 is 12.1 Å². The molecule has 1 aromatic carbocycles. The number of fused-ring (bicyclic) bond motifs is 2. The van der Waals surface area contributed by atoms with Crippen molar-refractivity contribution in [3.63, 3.8) is 0 Å². The van der Waals surface area contributed by atoms with Crippen molar-refractivity contribution in [1.29, 1.82) is 0 Å². The summed E-state index contributed by atoms with van der Waals surface area (Å²) < 4.78 is 41.6. The number of amides is 2. The van der Waals surface area contributed by atoms with Crippen molar-refractivity contribution in [2.75, 3.05) is 4.90 Å². The second-order valence-corrected chi connectivity index (χ2v) is 8.00. The molecule has 0 radical (unpaired) electrons. The summed E-state index contributed by atoms with van der Waals surface area (Å²) in [7, 11) is 0. The number of nitrogens with zero attached hydrogens (tertiary/aromatic N) is 2. The summed E-state index contributed by atoms with van der Waals surface area (Å²) in [5.74, 6) is -2.83. The van der Waals surface area contributed by atoms with Crippen LogP contribution in [0.25, 0.3) is 10.9 Å². The summed E-state index contributed by atoms with van der Waals surface area (Å²) in [5, 5.41) is 13.1. The van der Waals surface area contributed by atoms with Gasteiger partial charge in [0, 0.05) is 17.3 Å². The fraction of sp³-hybridized carbons (Fsp3) is 0.286.